The number of piperazine rings is 1. The van der Waals surface area contributed by atoms with Gasteiger partial charge in [-0.15, -0.1) is 0 Å². The van der Waals surface area contributed by atoms with Crippen LogP contribution in [-0.4, -0.2) is 69.2 Å². The number of hydrogen-bond donors (Lipinski definition) is 1. The molecule has 130 valence electrons. The fraction of sp³-hybridized carbons (Fsp3) is 0.667. The van der Waals surface area contributed by atoms with Crippen LogP contribution in [0.2, 0.25) is 0 Å². The van der Waals surface area contributed by atoms with E-state index in [0.29, 0.717) is 13.2 Å². The third kappa shape index (κ3) is 5.68. The summed E-state index contributed by atoms with van der Waals surface area (Å²) in [5, 5.41) is 10.1. The fourth-order valence-corrected chi connectivity index (χ4v) is 2.88. The van der Waals surface area contributed by atoms with Gasteiger partial charge in [-0.1, -0.05) is 25.5 Å². The van der Waals surface area contributed by atoms with Crippen molar-refractivity contribution in [3.63, 3.8) is 0 Å². The lowest BCUT2D eigenvalue weighted by Gasteiger charge is -2.37. The van der Waals surface area contributed by atoms with Gasteiger partial charge in [0.15, 0.2) is 0 Å². The van der Waals surface area contributed by atoms with E-state index >= 15 is 0 Å². The second-order valence-electron chi connectivity index (χ2n) is 6.04. The lowest BCUT2D eigenvalue weighted by molar-refractivity contribution is 0.0150. The Labute approximate surface area is 139 Å². The SMILES string of the molecule is CCCCOC[C@@H](O)CN1CCN(c2ccccc2OC)CC1. The van der Waals surface area contributed by atoms with Crippen LogP contribution < -0.4 is 9.64 Å². The van der Waals surface area contributed by atoms with E-state index in [0.717, 1.165) is 57.1 Å². The molecule has 23 heavy (non-hydrogen) atoms. The van der Waals surface area contributed by atoms with Crippen molar-refractivity contribution in [2.75, 3.05) is 57.9 Å². The van der Waals surface area contributed by atoms with Gasteiger partial charge in [0.05, 0.1) is 25.5 Å². The average molecular weight is 322 g/mol. The number of β-amino-alcohol motifs (C(OH)–C–C–N with tert-alkyl or cyclic N) is 1. The van der Waals surface area contributed by atoms with Crippen LogP contribution in [0.3, 0.4) is 0 Å². The highest BCUT2D eigenvalue weighted by Crippen LogP contribution is 2.28. The van der Waals surface area contributed by atoms with Gasteiger partial charge in [0.1, 0.15) is 5.75 Å². The monoisotopic (exact) mass is 322 g/mol. The molecular formula is C18H30N2O3. The molecule has 1 atom stereocenters. The first-order valence-corrected chi connectivity index (χ1v) is 8.60. The van der Waals surface area contributed by atoms with Gasteiger partial charge in [0, 0.05) is 39.3 Å². The highest BCUT2D eigenvalue weighted by atomic mass is 16.5. The van der Waals surface area contributed by atoms with E-state index in [9.17, 15) is 5.11 Å². The lowest BCUT2D eigenvalue weighted by Crippen LogP contribution is -2.49. The number of anilines is 1. The third-order valence-corrected chi connectivity index (χ3v) is 4.22. The van der Waals surface area contributed by atoms with Crippen molar-refractivity contribution >= 4 is 5.69 Å². The summed E-state index contributed by atoms with van der Waals surface area (Å²) in [6.07, 6.45) is 1.79. The minimum atomic E-state index is -0.398. The maximum atomic E-state index is 10.1. The molecule has 1 aromatic carbocycles. The summed E-state index contributed by atoms with van der Waals surface area (Å²) in [7, 11) is 1.71. The third-order valence-electron chi connectivity index (χ3n) is 4.22. The molecule has 1 fully saturated rings. The lowest BCUT2D eigenvalue weighted by atomic mass is 10.2. The van der Waals surface area contributed by atoms with E-state index in [-0.39, 0.29) is 0 Å². The van der Waals surface area contributed by atoms with Crippen molar-refractivity contribution in [1.29, 1.82) is 0 Å². The summed E-state index contributed by atoms with van der Waals surface area (Å²) in [5.41, 5.74) is 1.15. The first kappa shape index (κ1) is 18.0. The second kappa shape index (κ2) is 9.75. The van der Waals surface area contributed by atoms with Crippen LogP contribution in [0.5, 0.6) is 5.75 Å². The van der Waals surface area contributed by atoms with Gasteiger partial charge in [-0.2, -0.15) is 0 Å². The molecule has 0 bridgehead atoms. The zero-order valence-electron chi connectivity index (χ0n) is 14.4. The summed E-state index contributed by atoms with van der Waals surface area (Å²) in [6, 6.07) is 8.14. The fourth-order valence-electron chi connectivity index (χ4n) is 2.88. The number of benzene rings is 1. The van der Waals surface area contributed by atoms with Gasteiger partial charge in [0.25, 0.3) is 0 Å². The van der Waals surface area contributed by atoms with Crippen LogP contribution >= 0.6 is 0 Å². The summed E-state index contributed by atoms with van der Waals surface area (Å²) >= 11 is 0. The molecule has 0 aromatic heterocycles. The molecule has 0 spiro atoms. The van der Waals surface area contributed by atoms with Crippen LogP contribution in [0.15, 0.2) is 24.3 Å². The Morgan fingerprint density at radius 2 is 1.91 bits per heavy atom. The molecule has 1 aliphatic heterocycles. The van der Waals surface area contributed by atoms with E-state index in [2.05, 4.69) is 22.8 Å². The molecule has 1 aromatic rings. The molecule has 1 N–H and O–H groups in total. The first-order valence-electron chi connectivity index (χ1n) is 8.60. The Balaban J connectivity index is 1.73. The topological polar surface area (TPSA) is 45.2 Å². The van der Waals surface area contributed by atoms with Crippen molar-refractivity contribution in [3.05, 3.63) is 24.3 Å². The Morgan fingerprint density at radius 1 is 1.17 bits per heavy atom. The minimum Gasteiger partial charge on any atom is -0.495 e. The Hall–Kier alpha value is -1.30. The molecule has 1 saturated heterocycles. The van der Waals surface area contributed by atoms with Gasteiger partial charge in [-0.05, 0) is 18.6 Å². The van der Waals surface area contributed by atoms with Crippen molar-refractivity contribution in [3.8, 4) is 5.75 Å². The molecule has 2 rings (SSSR count). The Bertz CT molecular complexity index is 448. The number of unbranched alkanes of at least 4 members (excludes halogenated alkanes) is 1. The van der Waals surface area contributed by atoms with Gasteiger partial charge in [0.2, 0.25) is 0 Å². The quantitative estimate of drug-likeness (QED) is 0.705. The van der Waals surface area contributed by atoms with Crippen molar-refractivity contribution < 1.29 is 14.6 Å². The Kier molecular flexibility index (Phi) is 7.65. The number of hydrogen-bond acceptors (Lipinski definition) is 5. The predicted octanol–water partition coefficient (Wildman–Crippen LogP) is 1.99. The molecule has 5 heteroatoms. The van der Waals surface area contributed by atoms with Crippen LogP contribution in [0.1, 0.15) is 19.8 Å². The van der Waals surface area contributed by atoms with Crippen LogP contribution in [0, 0.1) is 0 Å². The van der Waals surface area contributed by atoms with Gasteiger partial charge in [-0.3, -0.25) is 4.90 Å². The number of aliphatic hydroxyl groups is 1. The van der Waals surface area contributed by atoms with Crippen molar-refractivity contribution in [2.45, 2.75) is 25.9 Å². The van der Waals surface area contributed by atoms with E-state index < -0.39 is 6.10 Å². The normalized spacial score (nSPS) is 17.3. The Morgan fingerprint density at radius 3 is 2.61 bits per heavy atom. The zero-order chi connectivity index (χ0) is 16.5. The van der Waals surface area contributed by atoms with Crippen molar-refractivity contribution in [1.82, 2.24) is 4.90 Å². The number of rotatable bonds is 9. The molecule has 5 nitrogen and oxygen atoms in total. The molecule has 0 amide bonds. The number of methoxy groups -OCH3 is 1. The maximum Gasteiger partial charge on any atom is 0.142 e. The smallest absolute Gasteiger partial charge is 0.142 e. The molecular weight excluding hydrogens is 292 g/mol. The highest BCUT2D eigenvalue weighted by Gasteiger charge is 2.21. The summed E-state index contributed by atoms with van der Waals surface area (Å²) < 4.78 is 10.9. The summed E-state index contributed by atoms with van der Waals surface area (Å²) in [6.45, 7) is 7.80. The largest absolute Gasteiger partial charge is 0.495 e. The predicted molar refractivity (Wildman–Crippen MR) is 93.4 cm³/mol. The second-order valence-corrected chi connectivity index (χ2v) is 6.04. The van der Waals surface area contributed by atoms with Gasteiger partial charge >= 0.3 is 0 Å². The van der Waals surface area contributed by atoms with E-state index in [1.807, 2.05) is 18.2 Å². The zero-order valence-corrected chi connectivity index (χ0v) is 14.4. The summed E-state index contributed by atoms with van der Waals surface area (Å²) in [5.74, 6) is 0.922. The first-order chi connectivity index (χ1) is 11.2. The molecule has 0 aliphatic carbocycles. The number of para-hydroxylation sites is 2. The number of ether oxygens (including phenoxy) is 2. The van der Waals surface area contributed by atoms with E-state index in [1.165, 1.54) is 0 Å². The van der Waals surface area contributed by atoms with Gasteiger partial charge in [-0.25, -0.2) is 0 Å². The molecule has 0 unspecified atom stereocenters. The van der Waals surface area contributed by atoms with Crippen molar-refractivity contribution in [2.24, 2.45) is 0 Å². The number of nitrogens with zero attached hydrogens (tertiary/aromatic N) is 2. The van der Waals surface area contributed by atoms with Crippen LogP contribution in [0.25, 0.3) is 0 Å². The molecule has 1 heterocycles. The van der Waals surface area contributed by atoms with E-state index in [1.54, 1.807) is 7.11 Å². The van der Waals surface area contributed by atoms with E-state index in [4.69, 9.17) is 9.47 Å². The summed E-state index contributed by atoms with van der Waals surface area (Å²) in [4.78, 5) is 4.65. The maximum absolute atomic E-state index is 10.1. The van der Waals surface area contributed by atoms with Crippen LogP contribution in [0.4, 0.5) is 5.69 Å². The average Bonchev–Trinajstić information content (AvgIpc) is 2.59. The minimum absolute atomic E-state index is 0.398. The molecule has 0 radical (unpaired) electrons. The van der Waals surface area contributed by atoms with Gasteiger partial charge < -0.3 is 19.5 Å². The highest BCUT2D eigenvalue weighted by molar-refractivity contribution is 5.58. The molecule has 0 saturated carbocycles. The number of aliphatic hydroxyl groups excluding tert-OH is 1. The standard InChI is InChI=1S/C18H30N2O3/c1-3-4-13-23-15-16(21)14-19-9-11-20(12-10-19)17-7-5-6-8-18(17)22-2/h5-8,16,21H,3-4,9-15H2,1-2H3/t16-/m0/s1. The molecule has 1 aliphatic rings. The van der Waals surface area contributed by atoms with Crippen LogP contribution in [-0.2, 0) is 4.74 Å².